The Hall–Kier alpha value is -2.49. The summed E-state index contributed by atoms with van der Waals surface area (Å²) in [5.74, 6) is -0.890. The normalized spacial score (nSPS) is 9.88. The number of rotatable bonds is 3. The molecule has 1 heterocycles. The Labute approximate surface area is 98.1 Å². The zero-order valence-corrected chi connectivity index (χ0v) is 8.96. The molecule has 0 saturated heterocycles. The number of primary amides is 1. The van der Waals surface area contributed by atoms with Gasteiger partial charge < -0.3 is 5.73 Å². The number of pyridine rings is 1. The predicted octanol–water partition coefficient (Wildman–Crippen LogP) is 1.41. The van der Waals surface area contributed by atoms with Crippen molar-refractivity contribution in [3.05, 3.63) is 65.5 Å². The van der Waals surface area contributed by atoms with E-state index in [1.807, 2.05) is 6.07 Å². The van der Waals surface area contributed by atoms with E-state index >= 15 is 0 Å². The molecule has 0 aliphatic heterocycles. The summed E-state index contributed by atoms with van der Waals surface area (Å²) in [6, 6.07) is 10.1. The van der Waals surface area contributed by atoms with Crippen LogP contribution in [0.2, 0.25) is 0 Å². The van der Waals surface area contributed by atoms with Gasteiger partial charge in [-0.15, -0.1) is 0 Å². The van der Waals surface area contributed by atoms with Gasteiger partial charge in [0.05, 0.1) is 11.1 Å². The molecular weight excluding hydrogens is 216 g/mol. The standard InChI is InChI=1S/C13H10N2O2/c14-13(17)10-6-7-15-8-11(10)12(16)9-4-2-1-3-5-9/h1-8H,(H2,14,17). The number of amides is 1. The molecule has 0 aliphatic carbocycles. The molecule has 1 aromatic carbocycles. The average Bonchev–Trinajstić information content (AvgIpc) is 2.39. The Kier molecular flexibility index (Phi) is 2.96. The number of hydrogen-bond acceptors (Lipinski definition) is 3. The summed E-state index contributed by atoms with van der Waals surface area (Å²) < 4.78 is 0. The van der Waals surface area contributed by atoms with Gasteiger partial charge in [-0.3, -0.25) is 14.6 Å². The quantitative estimate of drug-likeness (QED) is 0.804. The second kappa shape index (κ2) is 4.57. The van der Waals surface area contributed by atoms with Crippen molar-refractivity contribution >= 4 is 11.7 Å². The molecule has 2 rings (SSSR count). The second-order valence-electron chi connectivity index (χ2n) is 3.48. The molecule has 0 bridgehead atoms. The van der Waals surface area contributed by atoms with Crippen LogP contribution in [0.4, 0.5) is 0 Å². The van der Waals surface area contributed by atoms with Crippen molar-refractivity contribution in [1.82, 2.24) is 4.98 Å². The zero-order valence-electron chi connectivity index (χ0n) is 8.96. The van der Waals surface area contributed by atoms with Crippen LogP contribution in [0.1, 0.15) is 26.3 Å². The number of aromatic nitrogens is 1. The summed E-state index contributed by atoms with van der Waals surface area (Å²) in [7, 11) is 0. The van der Waals surface area contributed by atoms with E-state index in [0.717, 1.165) is 0 Å². The molecule has 4 nitrogen and oxygen atoms in total. The Morgan fingerprint density at radius 3 is 2.35 bits per heavy atom. The lowest BCUT2D eigenvalue weighted by Gasteiger charge is -2.04. The van der Waals surface area contributed by atoms with Crippen LogP contribution in [-0.4, -0.2) is 16.7 Å². The minimum atomic E-state index is -0.633. The molecule has 84 valence electrons. The highest BCUT2D eigenvalue weighted by Crippen LogP contribution is 2.12. The van der Waals surface area contributed by atoms with Gasteiger partial charge in [-0.1, -0.05) is 30.3 Å². The van der Waals surface area contributed by atoms with E-state index in [2.05, 4.69) is 4.98 Å². The third-order valence-electron chi connectivity index (χ3n) is 2.37. The molecule has 0 saturated carbocycles. The maximum absolute atomic E-state index is 12.1. The van der Waals surface area contributed by atoms with E-state index < -0.39 is 5.91 Å². The topological polar surface area (TPSA) is 73.1 Å². The molecule has 17 heavy (non-hydrogen) atoms. The predicted molar refractivity (Wildman–Crippen MR) is 62.6 cm³/mol. The minimum Gasteiger partial charge on any atom is -0.366 e. The summed E-state index contributed by atoms with van der Waals surface area (Å²) in [6.45, 7) is 0. The molecule has 0 atom stereocenters. The first-order chi connectivity index (χ1) is 8.20. The van der Waals surface area contributed by atoms with Crippen molar-refractivity contribution in [2.24, 2.45) is 5.73 Å². The van der Waals surface area contributed by atoms with Gasteiger partial charge >= 0.3 is 0 Å². The Morgan fingerprint density at radius 2 is 1.71 bits per heavy atom. The highest BCUT2D eigenvalue weighted by molar-refractivity contribution is 6.14. The summed E-state index contributed by atoms with van der Waals surface area (Å²) in [4.78, 5) is 27.2. The van der Waals surface area contributed by atoms with Gasteiger partial charge in [0.2, 0.25) is 5.91 Å². The molecule has 0 fully saturated rings. The van der Waals surface area contributed by atoms with Crippen LogP contribution in [0, 0.1) is 0 Å². The minimum absolute atomic E-state index is 0.189. The summed E-state index contributed by atoms with van der Waals surface area (Å²) in [5.41, 5.74) is 6.13. The lowest BCUT2D eigenvalue weighted by Crippen LogP contribution is -2.17. The fraction of sp³-hybridized carbons (Fsp3) is 0. The van der Waals surface area contributed by atoms with Crippen LogP contribution < -0.4 is 5.73 Å². The third kappa shape index (κ3) is 2.20. The monoisotopic (exact) mass is 226 g/mol. The fourth-order valence-electron chi connectivity index (χ4n) is 1.54. The van der Waals surface area contributed by atoms with Crippen LogP contribution in [0.5, 0.6) is 0 Å². The zero-order chi connectivity index (χ0) is 12.3. The largest absolute Gasteiger partial charge is 0.366 e. The van der Waals surface area contributed by atoms with E-state index in [1.54, 1.807) is 24.3 Å². The van der Waals surface area contributed by atoms with Gasteiger partial charge in [-0.25, -0.2) is 0 Å². The molecule has 2 aromatic rings. The van der Waals surface area contributed by atoms with Gasteiger partial charge in [0, 0.05) is 18.0 Å². The van der Waals surface area contributed by atoms with Gasteiger partial charge in [-0.05, 0) is 6.07 Å². The van der Waals surface area contributed by atoms with Crippen molar-refractivity contribution in [3.63, 3.8) is 0 Å². The smallest absolute Gasteiger partial charge is 0.249 e. The van der Waals surface area contributed by atoms with E-state index in [4.69, 9.17) is 5.73 Å². The fourth-order valence-corrected chi connectivity index (χ4v) is 1.54. The third-order valence-corrected chi connectivity index (χ3v) is 2.37. The molecule has 4 heteroatoms. The number of nitrogens with two attached hydrogens (primary N) is 1. The average molecular weight is 226 g/mol. The summed E-state index contributed by atoms with van der Waals surface area (Å²) in [5, 5.41) is 0. The molecule has 0 radical (unpaired) electrons. The van der Waals surface area contributed by atoms with Crippen molar-refractivity contribution in [2.75, 3.05) is 0 Å². The van der Waals surface area contributed by atoms with Gasteiger partial charge in [0.25, 0.3) is 0 Å². The van der Waals surface area contributed by atoms with Crippen LogP contribution in [-0.2, 0) is 0 Å². The number of carbonyl (C=O) groups is 2. The van der Waals surface area contributed by atoms with E-state index in [1.165, 1.54) is 18.5 Å². The Morgan fingerprint density at radius 1 is 1.00 bits per heavy atom. The molecule has 0 spiro atoms. The van der Waals surface area contributed by atoms with Crippen LogP contribution in [0.3, 0.4) is 0 Å². The van der Waals surface area contributed by atoms with Crippen molar-refractivity contribution in [3.8, 4) is 0 Å². The number of hydrogen-bond donors (Lipinski definition) is 1. The maximum Gasteiger partial charge on any atom is 0.249 e. The number of nitrogens with zero attached hydrogens (tertiary/aromatic N) is 1. The number of benzene rings is 1. The van der Waals surface area contributed by atoms with E-state index in [-0.39, 0.29) is 16.9 Å². The number of carbonyl (C=O) groups excluding carboxylic acids is 2. The maximum atomic E-state index is 12.1. The lowest BCUT2D eigenvalue weighted by atomic mass is 10.0. The van der Waals surface area contributed by atoms with Crippen molar-refractivity contribution in [2.45, 2.75) is 0 Å². The van der Waals surface area contributed by atoms with Crippen LogP contribution in [0.25, 0.3) is 0 Å². The van der Waals surface area contributed by atoms with E-state index in [0.29, 0.717) is 5.56 Å². The Bertz CT molecular complexity index is 565. The highest BCUT2D eigenvalue weighted by Gasteiger charge is 2.16. The molecule has 0 unspecified atom stereocenters. The molecule has 1 aromatic heterocycles. The summed E-state index contributed by atoms with van der Waals surface area (Å²) >= 11 is 0. The van der Waals surface area contributed by atoms with Gasteiger partial charge in [0.15, 0.2) is 5.78 Å². The second-order valence-corrected chi connectivity index (χ2v) is 3.48. The van der Waals surface area contributed by atoms with Crippen LogP contribution in [0.15, 0.2) is 48.8 Å². The van der Waals surface area contributed by atoms with Crippen LogP contribution >= 0.6 is 0 Å². The lowest BCUT2D eigenvalue weighted by molar-refractivity contribution is 0.0980. The first-order valence-corrected chi connectivity index (χ1v) is 5.03. The molecular formula is C13H10N2O2. The first-order valence-electron chi connectivity index (χ1n) is 5.03. The van der Waals surface area contributed by atoms with Crippen molar-refractivity contribution in [1.29, 1.82) is 0 Å². The molecule has 1 amide bonds. The SMILES string of the molecule is NC(=O)c1ccncc1C(=O)c1ccccc1. The first kappa shape index (κ1) is 11.0. The number of ketones is 1. The van der Waals surface area contributed by atoms with E-state index in [9.17, 15) is 9.59 Å². The summed E-state index contributed by atoms with van der Waals surface area (Å²) in [6.07, 6.45) is 2.79. The van der Waals surface area contributed by atoms with Crippen molar-refractivity contribution < 1.29 is 9.59 Å². The van der Waals surface area contributed by atoms with Gasteiger partial charge in [-0.2, -0.15) is 0 Å². The van der Waals surface area contributed by atoms with Gasteiger partial charge in [0.1, 0.15) is 0 Å². The molecule has 2 N–H and O–H groups in total. The highest BCUT2D eigenvalue weighted by atomic mass is 16.1. The Balaban J connectivity index is 2.48. The molecule has 0 aliphatic rings.